The van der Waals surface area contributed by atoms with E-state index in [1.165, 1.54) is 50.9 Å². The van der Waals surface area contributed by atoms with Crippen LogP contribution in [0.5, 0.6) is 5.75 Å². The van der Waals surface area contributed by atoms with E-state index in [0.717, 1.165) is 35.6 Å². The molecule has 3 heteroatoms. The molecule has 0 saturated carbocycles. The molecule has 2 nitrogen and oxygen atoms in total. The van der Waals surface area contributed by atoms with Gasteiger partial charge in [0.15, 0.2) is 0 Å². The van der Waals surface area contributed by atoms with Gasteiger partial charge in [0.2, 0.25) is 0 Å². The summed E-state index contributed by atoms with van der Waals surface area (Å²) >= 11 is 6.28. The molecule has 0 N–H and O–H groups in total. The van der Waals surface area contributed by atoms with Gasteiger partial charge in [-0.3, -0.25) is 0 Å². The molecular formula is C21H28ClNO. The van der Waals surface area contributed by atoms with Crippen LogP contribution >= 0.6 is 11.6 Å². The van der Waals surface area contributed by atoms with Crippen molar-refractivity contribution in [1.29, 1.82) is 0 Å². The van der Waals surface area contributed by atoms with Crippen molar-refractivity contribution in [3.63, 3.8) is 0 Å². The molecule has 2 heterocycles. The molecule has 2 atom stereocenters. The first-order chi connectivity index (χ1) is 11.7. The third-order valence-corrected chi connectivity index (χ3v) is 6.73. The second-order valence-corrected chi connectivity index (χ2v) is 8.40. The van der Waals surface area contributed by atoms with Crippen molar-refractivity contribution in [3.8, 4) is 5.75 Å². The van der Waals surface area contributed by atoms with Crippen LogP contribution in [0, 0.1) is 11.8 Å². The largest absolute Gasteiger partial charge is 0.493 e. The van der Waals surface area contributed by atoms with Crippen LogP contribution in [0.4, 0.5) is 0 Å². The van der Waals surface area contributed by atoms with E-state index >= 15 is 0 Å². The monoisotopic (exact) mass is 345 g/mol. The average molecular weight is 346 g/mol. The Labute approximate surface area is 150 Å². The van der Waals surface area contributed by atoms with E-state index in [-0.39, 0.29) is 5.41 Å². The van der Waals surface area contributed by atoms with Crippen LogP contribution in [0.3, 0.4) is 0 Å². The zero-order valence-corrected chi connectivity index (χ0v) is 15.4. The molecule has 0 bridgehead atoms. The summed E-state index contributed by atoms with van der Waals surface area (Å²) in [5, 5.41) is 0.836. The van der Waals surface area contributed by atoms with Crippen molar-refractivity contribution in [2.45, 2.75) is 44.4 Å². The number of rotatable bonds is 3. The van der Waals surface area contributed by atoms with Gasteiger partial charge in [0.1, 0.15) is 5.75 Å². The predicted octanol–water partition coefficient (Wildman–Crippen LogP) is 5.06. The molecule has 130 valence electrons. The third kappa shape index (κ3) is 3.11. The lowest BCUT2D eigenvalue weighted by atomic mass is 9.69. The average Bonchev–Trinajstić information content (AvgIpc) is 3.13. The standard InChI is InChI=1S/C21H28ClNO/c1-16(17-4-2-3-5-17)15-23-11-8-21(9-12-23)10-13-24-20-7-6-18(22)14-19(20)21/h2,4,6-7,14,16-17H,3,5,8-13,15H2,1H3/t16-,17+/m1/s1. The topological polar surface area (TPSA) is 12.5 Å². The minimum atomic E-state index is 0.283. The number of fused-ring (bicyclic) bond motifs is 2. The normalized spacial score (nSPS) is 27.0. The quantitative estimate of drug-likeness (QED) is 0.710. The Morgan fingerprint density at radius 3 is 2.88 bits per heavy atom. The van der Waals surface area contributed by atoms with Crippen molar-refractivity contribution in [2.75, 3.05) is 26.2 Å². The Kier molecular flexibility index (Phi) is 4.62. The maximum atomic E-state index is 6.28. The number of ether oxygens (including phenoxy) is 1. The Balaban J connectivity index is 1.43. The summed E-state index contributed by atoms with van der Waals surface area (Å²) < 4.78 is 5.89. The van der Waals surface area contributed by atoms with Gasteiger partial charge in [-0.25, -0.2) is 0 Å². The number of likely N-dealkylation sites (tertiary alicyclic amines) is 1. The molecule has 1 saturated heterocycles. The first-order valence-electron chi connectivity index (χ1n) is 9.48. The summed E-state index contributed by atoms with van der Waals surface area (Å²) in [6.45, 7) is 6.91. The Morgan fingerprint density at radius 2 is 2.12 bits per heavy atom. The number of allylic oxidation sites excluding steroid dienone is 2. The minimum absolute atomic E-state index is 0.283. The molecule has 1 aromatic carbocycles. The van der Waals surface area contributed by atoms with Gasteiger partial charge in [0.05, 0.1) is 6.61 Å². The molecule has 1 aromatic rings. The van der Waals surface area contributed by atoms with Crippen molar-refractivity contribution in [2.24, 2.45) is 11.8 Å². The lowest BCUT2D eigenvalue weighted by molar-refractivity contribution is 0.102. The molecule has 4 rings (SSSR count). The third-order valence-electron chi connectivity index (χ3n) is 6.49. The molecule has 24 heavy (non-hydrogen) atoms. The maximum absolute atomic E-state index is 6.28. The van der Waals surface area contributed by atoms with Crippen molar-refractivity contribution < 1.29 is 4.74 Å². The van der Waals surface area contributed by atoms with Crippen molar-refractivity contribution >= 4 is 11.6 Å². The van der Waals surface area contributed by atoms with E-state index in [2.05, 4.69) is 36.1 Å². The Hall–Kier alpha value is -0.990. The summed E-state index contributed by atoms with van der Waals surface area (Å²) in [4.78, 5) is 2.68. The number of halogens is 1. The van der Waals surface area contributed by atoms with Gasteiger partial charge in [0, 0.05) is 22.5 Å². The van der Waals surface area contributed by atoms with E-state index in [9.17, 15) is 0 Å². The van der Waals surface area contributed by atoms with Gasteiger partial charge in [-0.1, -0.05) is 30.7 Å². The Morgan fingerprint density at radius 1 is 1.29 bits per heavy atom. The SMILES string of the molecule is C[C@H](CN1CCC2(CCOc3ccc(Cl)cc32)CC1)[C@H]1C=CCC1. The van der Waals surface area contributed by atoms with Gasteiger partial charge >= 0.3 is 0 Å². The molecular weight excluding hydrogens is 318 g/mol. The van der Waals surface area contributed by atoms with E-state index in [1.807, 2.05) is 6.07 Å². The summed E-state index contributed by atoms with van der Waals surface area (Å²) in [6.07, 6.45) is 11.0. The highest BCUT2D eigenvalue weighted by Gasteiger charge is 2.40. The summed E-state index contributed by atoms with van der Waals surface area (Å²) in [5.74, 6) is 2.63. The molecule has 3 aliphatic rings. The number of benzene rings is 1. The zero-order chi connectivity index (χ0) is 16.6. The second-order valence-electron chi connectivity index (χ2n) is 7.97. The second kappa shape index (κ2) is 6.72. The van der Waals surface area contributed by atoms with Gasteiger partial charge in [-0.2, -0.15) is 0 Å². The van der Waals surface area contributed by atoms with Crippen LogP contribution in [0.1, 0.15) is 44.6 Å². The lowest BCUT2D eigenvalue weighted by Gasteiger charge is -2.45. The summed E-state index contributed by atoms with van der Waals surface area (Å²) in [6, 6.07) is 6.16. The minimum Gasteiger partial charge on any atom is -0.493 e. The summed E-state index contributed by atoms with van der Waals surface area (Å²) in [7, 11) is 0. The van der Waals surface area contributed by atoms with Gasteiger partial charge in [-0.15, -0.1) is 0 Å². The van der Waals surface area contributed by atoms with Gasteiger partial charge < -0.3 is 9.64 Å². The molecule has 0 radical (unpaired) electrons. The van der Waals surface area contributed by atoms with Gasteiger partial charge in [0.25, 0.3) is 0 Å². The number of piperidine rings is 1. The predicted molar refractivity (Wildman–Crippen MR) is 99.9 cm³/mol. The summed E-state index contributed by atoms with van der Waals surface area (Å²) in [5.41, 5.74) is 1.64. The molecule has 1 fully saturated rings. The van der Waals surface area contributed by atoms with Crippen molar-refractivity contribution in [1.82, 2.24) is 4.90 Å². The van der Waals surface area contributed by atoms with Gasteiger partial charge in [-0.05, 0) is 75.2 Å². The molecule has 2 aliphatic heterocycles. The Bertz CT molecular complexity index is 618. The van der Waals surface area contributed by atoms with Crippen LogP contribution < -0.4 is 4.74 Å². The molecule has 1 aliphatic carbocycles. The smallest absolute Gasteiger partial charge is 0.123 e. The van der Waals surface area contributed by atoms with E-state index in [0.29, 0.717) is 0 Å². The van der Waals surface area contributed by atoms with Crippen LogP contribution in [-0.2, 0) is 5.41 Å². The fourth-order valence-electron chi connectivity index (χ4n) is 4.89. The fourth-order valence-corrected chi connectivity index (χ4v) is 5.06. The van der Waals surface area contributed by atoms with Crippen LogP contribution in [0.25, 0.3) is 0 Å². The molecule has 0 unspecified atom stereocenters. The number of hydrogen-bond donors (Lipinski definition) is 0. The first-order valence-corrected chi connectivity index (χ1v) is 9.86. The van der Waals surface area contributed by atoms with Crippen LogP contribution in [0.2, 0.25) is 5.02 Å². The lowest BCUT2D eigenvalue weighted by Crippen LogP contribution is -2.46. The fraction of sp³-hybridized carbons (Fsp3) is 0.619. The van der Waals surface area contributed by atoms with Crippen molar-refractivity contribution in [3.05, 3.63) is 40.9 Å². The molecule has 0 amide bonds. The van der Waals surface area contributed by atoms with E-state index in [1.54, 1.807) is 0 Å². The number of hydrogen-bond acceptors (Lipinski definition) is 2. The van der Waals surface area contributed by atoms with Crippen LogP contribution in [0.15, 0.2) is 30.4 Å². The van der Waals surface area contributed by atoms with E-state index in [4.69, 9.17) is 16.3 Å². The molecule has 1 spiro atoms. The number of nitrogens with zero attached hydrogens (tertiary/aromatic N) is 1. The van der Waals surface area contributed by atoms with E-state index < -0.39 is 0 Å². The highest BCUT2D eigenvalue weighted by molar-refractivity contribution is 6.30. The van der Waals surface area contributed by atoms with Crippen LogP contribution in [-0.4, -0.2) is 31.1 Å². The maximum Gasteiger partial charge on any atom is 0.123 e. The highest BCUT2D eigenvalue weighted by Crippen LogP contribution is 2.46. The first kappa shape index (κ1) is 16.5. The molecule has 0 aromatic heterocycles. The zero-order valence-electron chi connectivity index (χ0n) is 14.6. The highest BCUT2D eigenvalue weighted by atomic mass is 35.5.